The van der Waals surface area contributed by atoms with Crippen molar-refractivity contribution in [2.45, 2.75) is 111 Å². The van der Waals surface area contributed by atoms with E-state index in [0.717, 1.165) is 23.9 Å². The smallest absolute Gasteiger partial charge is 0.133 e. The van der Waals surface area contributed by atoms with Gasteiger partial charge in [0.25, 0.3) is 0 Å². The molecule has 0 aromatic carbocycles. The Morgan fingerprint density at radius 3 is 1.84 bits per heavy atom. The molecule has 0 saturated heterocycles. The minimum absolute atomic E-state index is 0.382. The zero-order chi connectivity index (χ0) is 18.3. The predicted octanol–water partition coefficient (Wildman–Crippen LogP) is 7.02. The molecule has 0 amide bonds. The summed E-state index contributed by atoms with van der Waals surface area (Å²) in [7, 11) is 0. The fourth-order valence-corrected chi connectivity index (χ4v) is 3.12. The van der Waals surface area contributed by atoms with Crippen LogP contribution in [-0.4, -0.2) is 16.5 Å². The molecule has 0 spiro atoms. The van der Waals surface area contributed by atoms with Crippen molar-refractivity contribution in [3.8, 4) is 0 Å². The van der Waals surface area contributed by atoms with Gasteiger partial charge in [0.2, 0.25) is 0 Å². The highest BCUT2D eigenvalue weighted by molar-refractivity contribution is 5.36. The van der Waals surface area contributed by atoms with Crippen molar-refractivity contribution < 1.29 is 0 Å². The van der Waals surface area contributed by atoms with Crippen LogP contribution in [0.15, 0.2) is 6.07 Å². The van der Waals surface area contributed by atoms with Gasteiger partial charge in [-0.2, -0.15) is 0 Å². The third-order valence-electron chi connectivity index (χ3n) is 4.72. The number of nitrogens with one attached hydrogen (secondary N) is 1. The van der Waals surface area contributed by atoms with E-state index in [2.05, 4.69) is 36.1 Å². The average Bonchev–Trinajstić information content (AvgIpc) is 2.58. The van der Waals surface area contributed by atoms with Crippen LogP contribution in [0.4, 0.5) is 5.82 Å². The van der Waals surface area contributed by atoms with Crippen LogP contribution in [0.2, 0.25) is 0 Å². The molecular weight excluding hydrogens is 306 g/mol. The Balaban J connectivity index is 1.97. The molecule has 0 aliphatic rings. The average molecular weight is 348 g/mol. The van der Waals surface area contributed by atoms with Gasteiger partial charge in [-0.1, -0.05) is 91.4 Å². The largest absolute Gasteiger partial charge is 0.370 e. The topological polar surface area (TPSA) is 37.8 Å². The Hall–Kier alpha value is -1.12. The maximum atomic E-state index is 4.61. The predicted molar refractivity (Wildman–Crippen MR) is 110 cm³/mol. The molecule has 0 aliphatic carbocycles. The van der Waals surface area contributed by atoms with Crippen molar-refractivity contribution in [3.63, 3.8) is 0 Å². The Morgan fingerprint density at radius 2 is 1.32 bits per heavy atom. The highest BCUT2D eigenvalue weighted by atomic mass is 15.0. The van der Waals surface area contributed by atoms with Gasteiger partial charge in [0.1, 0.15) is 11.6 Å². The fraction of sp³-hybridized carbons (Fsp3) is 0.818. The summed E-state index contributed by atoms with van der Waals surface area (Å²) in [5.41, 5.74) is 1.05. The summed E-state index contributed by atoms with van der Waals surface area (Å²) in [4.78, 5) is 9.10. The molecule has 3 nitrogen and oxygen atoms in total. The second-order valence-electron chi connectivity index (χ2n) is 7.72. The van der Waals surface area contributed by atoms with Crippen molar-refractivity contribution in [2.24, 2.45) is 0 Å². The van der Waals surface area contributed by atoms with E-state index in [4.69, 9.17) is 0 Å². The molecular formula is C22H41N3. The maximum Gasteiger partial charge on any atom is 0.133 e. The number of aromatic nitrogens is 2. The molecule has 144 valence electrons. The molecule has 0 saturated carbocycles. The molecule has 0 bridgehead atoms. The zero-order valence-electron chi connectivity index (χ0n) is 17.2. The Morgan fingerprint density at radius 1 is 0.800 bits per heavy atom. The van der Waals surface area contributed by atoms with Crippen molar-refractivity contribution in [1.82, 2.24) is 9.97 Å². The van der Waals surface area contributed by atoms with E-state index < -0.39 is 0 Å². The molecule has 3 heteroatoms. The van der Waals surface area contributed by atoms with Crippen LogP contribution >= 0.6 is 0 Å². The first-order valence-corrected chi connectivity index (χ1v) is 10.7. The van der Waals surface area contributed by atoms with Crippen LogP contribution in [0.25, 0.3) is 0 Å². The van der Waals surface area contributed by atoms with E-state index in [1.807, 2.05) is 13.0 Å². The lowest BCUT2D eigenvalue weighted by Crippen LogP contribution is -2.07. The normalized spacial score (nSPS) is 11.2. The maximum absolute atomic E-state index is 4.61. The van der Waals surface area contributed by atoms with Crippen molar-refractivity contribution in [2.75, 3.05) is 11.9 Å². The van der Waals surface area contributed by atoms with Gasteiger partial charge in [-0.05, 0) is 13.3 Å². The number of hydrogen-bond donors (Lipinski definition) is 1. The van der Waals surface area contributed by atoms with Gasteiger partial charge < -0.3 is 5.32 Å². The minimum atomic E-state index is 0.382. The molecule has 0 aliphatic heterocycles. The molecule has 0 unspecified atom stereocenters. The van der Waals surface area contributed by atoms with Crippen LogP contribution in [-0.2, 0) is 0 Å². The number of aryl methyl sites for hydroxylation is 1. The Labute approximate surface area is 156 Å². The summed E-state index contributed by atoms with van der Waals surface area (Å²) in [6.45, 7) is 9.63. The Kier molecular flexibility index (Phi) is 12.4. The van der Waals surface area contributed by atoms with E-state index >= 15 is 0 Å². The van der Waals surface area contributed by atoms with Crippen LogP contribution < -0.4 is 5.32 Å². The fourth-order valence-electron chi connectivity index (χ4n) is 3.12. The molecule has 1 heterocycles. The first kappa shape index (κ1) is 21.9. The second-order valence-corrected chi connectivity index (χ2v) is 7.72. The quantitative estimate of drug-likeness (QED) is 0.346. The molecule has 1 N–H and O–H groups in total. The molecule has 1 aromatic heterocycles. The first-order valence-electron chi connectivity index (χ1n) is 10.7. The first-order chi connectivity index (χ1) is 12.1. The van der Waals surface area contributed by atoms with Crippen molar-refractivity contribution in [3.05, 3.63) is 17.6 Å². The number of nitrogens with zero attached hydrogens (tertiary/aromatic N) is 2. The van der Waals surface area contributed by atoms with E-state index in [1.165, 1.54) is 77.0 Å². The van der Waals surface area contributed by atoms with Crippen molar-refractivity contribution >= 4 is 5.82 Å². The third-order valence-corrected chi connectivity index (χ3v) is 4.72. The minimum Gasteiger partial charge on any atom is -0.370 e. The molecule has 25 heavy (non-hydrogen) atoms. The lowest BCUT2D eigenvalue weighted by molar-refractivity contribution is 0.546. The van der Waals surface area contributed by atoms with Crippen LogP contribution in [0, 0.1) is 6.92 Å². The summed E-state index contributed by atoms with van der Waals surface area (Å²) in [6, 6.07) is 2.05. The number of unbranched alkanes of at least 4 members (excludes halogenated alkanes) is 11. The highest BCUT2D eigenvalue weighted by Gasteiger charge is 2.05. The van der Waals surface area contributed by atoms with Crippen molar-refractivity contribution in [1.29, 1.82) is 0 Å². The van der Waals surface area contributed by atoms with Crippen LogP contribution in [0.1, 0.15) is 115 Å². The van der Waals surface area contributed by atoms with Gasteiger partial charge in [-0.25, -0.2) is 9.97 Å². The lowest BCUT2D eigenvalue weighted by atomic mass is 10.1. The summed E-state index contributed by atoms with van der Waals surface area (Å²) in [6.07, 6.45) is 16.7. The monoisotopic (exact) mass is 347 g/mol. The number of rotatable bonds is 15. The third kappa shape index (κ3) is 11.2. The summed E-state index contributed by atoms with van der Waals surface area (Å²) in [5.74, 6) is 2.31. The summed E-state index contributed by atoms with van der Waals surface area (Å²) >= 11 is 0. The highest BCUT2D eigenvalue weighted by Crippen LogP contribution is 2.14. The SMILES string of the molecule is CCCCCCCCCCCCCCNc1cc(C)nc(C(C)C)n1. The summed E-state index contributed by atoms with van der Waals surface area (Å²) < 4.78 is 0. The molecule has 0 atom stereocenters. The van der Waals surface area contributed by atoms with E-state index in [-0.39, 0.29) is 0 Å². The van der Waals surface area contributed by atoms with Crippen LogP contribution in [0.5, 0.6) is 0 Å². The van der Waals surface area contributed by atoms with Gasteiger partial charge in [0, 0.05) is 24.2 Å². The number of hydrogen-bond acceptors (Lipinski definition) is 3. The molecule has 0 fully saturated rings. The van der Waals surface area contributed by atoms with E-state index in [0.29, 0.717) is 5.92 Å². The molecule has 1 rings (SSSR count). The molecule has 0 radical (unpaired) electrons. The Bertz CT molecular complexity index is 443. The van der Waals surface area contributed by atoms with Gasteiger partial charge in [0.05, 0.1) is 0 Å². The van der Waals surface area contributed by atoms with E-state index in [1.54, 1.807) is 0 Å². The van der Waals surface area contributed by atoms with Gasteiger partial charge in [0.15, 0.2) is 0 Å². The second kappa shape index (κ2) is 14.1. The summed E-state index contributed by atoms with van der Waals surface area (Å²) in [5, 5.41) is 3.47. The van der Waals surface area contributed by atoms with Gasteiger partial charge in [-0.15, -0.1) is 0 Å². The van der Waals surface area contributed by atoms with Gasteiger partial charge >= 0.3 is 0 Å². The van der Waals surface area contributed by atoms with E-state index in [9.17, 15) is 0 Å². The zero-order valence-corrected chi connectivity index (χ0v) is 17.2. The van der Waals surface area contributed by atoms with Gasteiger partial charge in [-0.3, -0.25) is 0 Å². The lowest BCUT2D eigenvalue weighted by Gasteiger charge is -2.10. The molecule has 1 aromatic rings. The number of anilines is 1. The van der Waals surface area contributed by atoms with Crippen LogP contribution in [0.3, 0.4) is 0 Å². The standard InChI is InChI=1S/C22H41N3/c1-5-6-7-8-9-10-11-12-13-14-15-16-17-23-21-18-20(4)24-22(25-21)19(2)3/h18-19H,5-17H2,1-4H3,(H,23,24,25).